The Morgan fingerprint density at radius 2 is 1.09 bits per heavy atom. The molecule has 8 aromatic carbocycles. The maximum absolute atomic E-state index is 2.49. The molecule has 0 aliphatic carbocycles. The molecule has 2 heteroatoms. The minimum Gasteiger partial charge on any atom is -0.309 e. The van der Waals surface area contributed by atoms with Gasteiger partial charge in [0, 0.05) is 32.8 Å². The van der Waals surface area contributed by atoms with Crippen molar-refractivity contribution in [3.05, 3.63) is 169 Å². The Labute approximate surface area is 273 Å². The smallest absolute Gasteiger partial charge is 0.0547 e. The molecule has 2 heterocycles. The Morgan fingerprint density at radius 1 is 0.404 bits per heavy atom. The molecule has 2 nitrogen and oxygen atoms in total. The highest BCUT2D eigenvalue weighted by Crippen LogP contribution is 2.53. The first-order valence-electron chi connectivity index (χ1n) is 16.3. The van der Waals surface area contributed by atoms with Crippen LogP contribution in [0.15, 0.2) is 164 Å². The number of aryl methyl sites for hydroxylation is 1. The van der Waals surface area contributed by atoms with Crippen molar-refractivity contribution < 1.29 is 0 Å². The van der Waals surface area contributed by atoms with E-state index in [1.165, 1.54) is 93.9 Å². The third kappa shape index (κ3) is 3.73. The summed E-state index contributed by atoms with van der Waals surface area (Å²) in [6.45, 7) is 2.22. The van der Waals surface area contributed by atoms with Crippen LogP contribution in [0, 0.1) is 6.92 Å². The molecule has 0 unspecified atom stereocenters. The molecule has 10 rings (SSSR count). The Bertz CT molecular complexity index is 2690. The molecule has 0 amide bonds. The van der Waals surface area contributed by atoms with Crippen LogP contribution in [0.5, 0.6) is 0 Å². The standard InChI is InChI=1S/C45H30N2/c1-29-12-9-13-30-14-10-23-42(44(29)30)47-40-22-8-5-17-34(40)37-20-11-19-36-33(25-27-43(47)45(36)37)31-24-26-41-38(28-31)35-18-6-7-21-39(35)46(41)32-15-3-2-4-16-32/h2-28H,1H3. The first kappa shape index (κ1) is 26.1. The van der Waals surface area contributed by atoms with E-state index in [1.54, 1.807) is 0 Å². The third-order valence-corrected chi connectivity index (χ3v) is 10.0. The highest BCUT2D eigenvalue weighted by molar-refractivity contribution is 6.19. The van der Waals surface area contributed by atoms with E-state index in [2.05, 4.69) is 180 Å². The lowest BCUT2D eigenvalue weighted by molar-refractivity contribution is 1.18. The van der Waals surface area contributed by atoms with Gasteiger partial charge in [0.2, 0.25) is 0 Å². The van der Waals surface area contributed by atoms with Gasteiger partial charge in [0.15, 0.2) is 0 Å². The number of hydrogen-bond acceptors (Lipinski definition) is 1. The van der Waals surface area contributed by atoms with Crippen molar-refractivity contribution in [2.45, 2.75) is 6.92 Å². The predicted molar refractivity (Wildman–Crippen MR) is 200 cm³/mol. The maximum atomic E-state index is 2.49. The molecule has 220 valence electrons. The van der Waals surface area contributed by atoms with Crippen LogP contribution in [0.1, 0.15) is 5.56 Å². The molecule has 0 N–H and O–H groups in total. The van der Waals surface area contributed by atoms with Crippen LogP contribution in [0.25, 0.3) is 71.3 Å². The minimum atomic E-state index is 1.18. The fraction of sp³-hybridized carbons (Fsp3) is 0.0222. The second-order valence-electron chi connectivity index (χ2n) is 12.6. The quantitative estimate of drug-likeness (QED) is 0.196. The van der Waals surface area contributed by atoms with Gasteiger partial charge >= 0.3 is 0 Å². The van der Waals surface area contributed by atoms with Crippen molar-refractivity contribution in [1.29, 1.82) is 0 Å². The highest BCUT2D eigenvalue weighted by Gasteiger charge is 2.28. The summed E-state index contributed by atoms with van der Waals surface area (Å²) < 4.78 is 2.38. The van der Waals surface area contributed by atoms with Crippen molar-refractivity contribution >= 4 is 60.4 Å². The van der Waals surface area contributed by atoms with Crippen molar-refractivity contribution in [3.8, 4) is 27.9 Å². The number of hydrogen-bond donors (Lipinski definition) is 0. The maximum Gasteiger partial charge on any atom is 0.0547 e. The van der Waals surface area contributed by atoms with Crippen LogP contribution in [-0.2, 0) is 0 Å². The number of fused-ring (bicyclic) bond motifs is 6. The minimum absolute atomic E-state index is 1.18. The zero-order valence-electron chi connectivity index (χ0n) is 26.0. The fourth-order valence-electron chi connectivity index (χ4n) is 8.02. The summed E-state index contributed by atoms with van der Waals surface area (Å²) in [5.41, 5.74) is 13.6. The lowest BCUT2D eigenvalue weighted by Crippen LogP contribution is -2.15. The topological polar surface area (TPSA) is 8.17 Å². The Morgan fingerprint density at radius 3 is 2.00 bits per heavy atom. The first-order chi connectivity index (χ1) is 23.3. The van der Waals surface area contributed by atoms with Gasteiger partial charge in [-0.1, -0.05) is 115 Å². The van der Waals surface area contributed by atoms with Crippen molar-refractivity contribution in [2.24, 2.45) is 0 Å². The summed E-state index contributed by atoms with van der Waals surface area (Å²) in [6, 6.07) is 60.0. The molecule has 9 aromatic rings. The van der Waals surface area contributed by atoms with Crippen LogP contribution in [-0.4, -0.2) is 4.57 Å². The molecule has 0 saturated heterocycles. The molecule has 0 bridgehead atoms. The second-order valence-corrected chi connectivity index (χ2v) is 12.6. The molecule has 0 fully saturated rings. The predicted octanol–water partition coefficient (Wildman–Crippen LogP) is 12.5. The molecule has 1 aromatic heterocycles. The van der Waals surface area contributed by atoms with Crippen LogP contribution in [0.2, 0.25) is 0 Å². The van der Waals surface area contributed by atoms with Gasteiger partial charge in [-0.3, -0.25) is 0 Å². The van der Waals surface area contributed by atoms with Gasteiger partial charge in [0.25, 0.3) is 0 Å². The van der Waals surface area contributed by atoms with Crippen LogP contribution in [0.4, 0.5) is 17.1 Å². The van der Waals surface area contributed by atoms with Crippen LogP contribution < -0.4 is 4.90 Å². The normalized spacial score (nSPS) is 12.3. The first-order valence-corrected chi connectivity index (χ1v) is 16.3. The third-order valence-electron chi connectivity index (χ3n) is 10.0. The summed E-state index contributed by atoms with van der Waals surface area (Å²) in [4.78, 5) is 2.49. The molecular formula is C45H30N2. The highest BCUT2D eigenvalue weighted by atomic mass is 15.2. The van der Waals surface area contributed by atoms with Crippen LogP contribution >= 0.6 is 0 Å². The van der Waals surface area contributed by atoms with Gasteiger partial charge in [-0.2, -0.15) is 0 Å². The van der Waals surface area contributed by atoms with E-state index in [9.17, 15) is 0 Å². The lowest BCUT2D eigenvalue weighted by atomic mass is 9.87. The number of benzene rings is 8. The largest absolute Gasteiger partial charge is 0.309 e. The van der Waals surface area contributed by atoms with E-state index < -0.39 is 0 Å². The fourth-order valence-corrected chi connectivity index (χ4v) is 8.02. The molecule has 1 aliphatic heterocycles. The van der Waals surface area contributed by atoms with Gasteiger partial charge in [0.1, 0.15) is 0 Å². The van der Waals surface area contributed by atoms with E-state index in [1.807, 2.05) is 0 Å². The average Bonchev–Trinajstić information content (AvgIpc) is 3.46. The van der Waals surface area contributed by atoms with Gasteiger partial charge in [-0.15, -0.1) is 0 Å². The number of aromatic nitrogens is 1. The van der Waals surface area contributed by atoms with Gasteiger partial charge in [0.05, 0.1) is 28.1 Å². The van der Waals surface area contributed by atoms with Gasteiger partial charge in [-0.05, 0) is 88.5 Å². The summed E-state index contributed by atoms with van der Waals surface area (Å²) in [5.74, 6) is 0. The molecule has 47 heavy (non-hydrogen) atoms. The number of nitrogens with zero attached hydrogens (tertiary/aromatic N) is 2. The van der Waals surface area contributed by atoms with E-state index in [0.29, 0.717) is 0 Å². The van der Waals surface area contributed by atoms with E-state index in [-0.39, 0.29) is 0 Å². The monoisotopic (exact) mass is 598 g/mol. The Hall–Kier alpha value is -6.12. The summed E-state index contributed by atoms with van der Waals surface area (Å²) >= 11 is 0. The number of para-hydroxylation sites is 3. The summed E-state index contributed by atoms with van der Waals surface area (Å²) in [5, 5.41) is 7.64. The summed E-state index contributed by atoms with van der Waals surface area (Å²) in [6.07, 6.45) is 0. The van der Waals surface area contributed by atoms with E-state index in [4.69, 9.17) is 0 Å². The zero-order valence-corrected chi connectivity index (χ0v) is 26.0. The molecule has 0 atom stereocenters. The van der Waals surface area contributed by atoms with Gasteiger partial charge in [-0.25, -0.2) is 0 Å². The Balaban J connectivity index is 1.24. The number of anilines is 3. The van der Waals surface area contributed by atoms with E-state index in [0.717, 1.165) is 0 Å². The van der Waals surface area contributed by atoms with Gasteiger partial charge < -0.3 is 9.47 Å². The molecule has 0 saturated carbocycles. The molecule has 1 aliphatic rings. The van der Waals surface area contributed by atoms with Crippen molar-refractivity contribution in [1.82, 2.24) is 4.57 Å². The van der Waals surface area contributed by atoms with Crippen molar-refractivity contribution in [3.63, 3.8) is 0 Å². The Kier molecular flexibility index (Phi) is 5.53. The molecule has 0 radical (unpaired) electrons. The van der Waals surface area contributed by atoms with Crippen molar-refractivity contribution in [2.75, 3.05) is 4.90 Å². The SMILES string of the molecule is Cc1cccc2cccc(N3c4ccccc4-c4cccc5c(-c6ccc7c(c6)c6ccccc6n7-c6ccccc6)ccc3c45)c12. The molecular weight excluding hydrogens is 569 g/mol. The zero-order chi connectivity index (χ0) is 31.1. The number of rotatable bonds is 3. The summed E-state index contributed by atoms with van der Waals surface area (Å²) in [7, 11) is 0. The van der Waals surface area contributed by atoms with E-state index >= 15 is 0 Å². The molecule has 0 spiro atoms. The van der Waals surface area contributed by atoms with Crippen LogP contribution in [0.3, 0.4) is 0 Å². The lowest BCUT2D eigenvalue weighted by Gasteiger charge is -2.35. The average molecular weight is 599 g/mol. The second kappa shape index (κ2) is 9.94.